The van der Waals surface area contributed by atoms with E-state index in [1.54, 1.807) is 0 Å². The summed E-state index contributed by atoms with van der Waals surface area (Å²) < 4.78 is 35.3. The monoisotopic (exact) mass is 1370 g/mol. The number of halogens is 6. The fraction of sp³-hybridized carbons (Fsp3) is 0. The number of nitrogen functional groups attached to an aromatic ring is 15. The van der Waals surface area contributed by atoms with E-state index < -0.39 is 51.5 Å². The number of aromatic nitrogens is 21. The normalized spacial score (nSPS) is 16.0. The quantitative estimate of drug-likeness (QED) is 0.0830. The number of H-pyrrole nitrogens is 2. The van der Waals surface area contributed by atoms with Crippen LogP contribution in [0.15, 0.2) is 36.6 Å². The molecule has 0 fully saturated rings. The summed E-state index contributed by atoms with van der Waals surface area (Å²) in [6.45, 7) is 0. The molecule has 2 aliphatic heterocycles. The molecule has 0 amide bonds. The first-order chi connectivity index (χ1) is 37.6. The molecule has 7 aromatic heterocycles. The molecule has 0 radical (unpaired) electrons. The maximum atomic E-state index is 6.00. The molecule has 49 nitrogen and oxygen atoms in total. The fourth-order valence-corrected chi connectivity index (χ4v) is 34.3. The van der Waals surface area contributed by atoms with E-state index in [1.165, 1.54) is 0 Å². The summed E-state index contributed by atoms with van der Waals surface area (Å²) in [6, 6.07) is 0. The van der Waals surface area contributed by atoms with E-state index >= 15 is 0 Å². The van der Waals surface area contributed by atoms with Crippen LogP contribution in [0.4, 0.5) is 113 Å². The Bertz CT molecular complexity index is 3570. The first kappa shape index (κ1) is 63.1. The summed E-state index contributed by atoms with van der Waals surface area (Å²) >= 11 is 33.9. The van der Waals surface area contributed by atoms with Crippen LogP contribution in [0.3, 0.4) is 0 Å². The van der Waals surface area contributed by atoms with Crippen LogP contribution in [0.25, 0.3) is 0 Å². The van der Waals surface area contributed by atoms with Gasteiger partial charge in [-0.2, -0.15) is 131 Å². The lowest BCUT2D eigenvalue weighted by atomic mass is 10.8. The molecule has 0 aliphatic carbocycles. The minimum absolute atomic E-state index is 0. The average molecular weight is 1380 g/mol. The minimum Gasteiger partial charge on any atom is -0.412 e. The van der Waals surface area contributed by atoms with Crippen LogP contribution in [0.2, 0.25) is 0 Å². The predicted octanol–water partition coefficient (Wildman–Crippen LogP) is 0.516. The molecule has 9 heterocycles. The summed E-state index contributed by atoms with van der Waals surface area (Å²) in [5.74, 6) is -13.8. The highest BCUT2D eigenvalue weighted by Crippen LogP contribution is 2.88. The molecule has 7 aromatic rings. The number of nitrogens with two attached hydrogens (primary N) is 15. The highest BCUT2D eigenvalue weighted by atomic mass is 35.9. The van der Waals surface area contributed by atoms with Gasteiger partial charge in [-0.1, -0.05) is 0 Å². The Morgan fingerprint density at radius 1 is 0.280 bits per heavy atom. The van der Waals surface area contributed by atoms with Crippen molar-refractivity contribution in [2.75, 3.05) is 106 Å². The molecule has 9 rings (SSSR count). The van der Waals surface area contributed by atoms with E-state index in [0.717, 1.165) is 0 Å². The van der Waals surface area contributed by atoms with E-state index in [9.17, 15) is 0 Å². The Hall–Kier alpha value is -8.05. The summed E-state index contributed by atoms with van der Waals surface area (Å²) in [4.78, 5) is 80.5. The van der Waals surface area contributed by atoms with Crippen LogP contribution < -0.4 is 118 Å². The third-order valence-corrected chi connectivity index (χ3v) is 29.1. The van der Waals surface area contributed by atoms with E-state index in [4.69, 9.17) is 167 Å². The van der Waals surface area contributed by atoms with E-state index in [1.807, 2.05) is 0 Å². The molecule has 0 saturated carbocycles. The van der Waals surface area contributed by atoms with Gasteiger partial charge in [-0.3, -0.25) is 30.3 Å². The lowest BCUT2D eigenvalue weighted by Gasteiger charge is -2.33. The number of aromatic amines is 2. The molecule has 61 heteroatoms. The van der Waals surface area contributed by atoms with Gasteiger partial charge in [-0.25, -0.2) is 0 Å². The van der Waals surface area contributed by atoms with Crippen LogP contribution in [0.5, 0.6) is 0 Å². The third kappa shape index (κ3) is 18.0. The number of nitrogens with one attached hydrogen (secondary N) is 6. The number of hydrogen-bond acceptors (Lipinski definition) is 46. The second-order valence-electron chi connectivity index (χ2n) is 14.0. The first-order valence-corrected chi connectivity index (χ1v) is 35.5. The molecular formula is C21H38Cl6N48OP6. The maximum absolute atomic E-state index is 6.00. The van der Waals surface area contributed by atoms with Gasteiger partial charge in [0.1, 0.15) is 0 Å². The zero-order valence-electron chi connectivity index (χ0n) is 39.7. The van der Waals surface area contributed by atoms with Crippen molar-refractivity contribution in [2.24, 2.45) is 36.6 Å². The fourth-order valence-electron chi connectivity index (χ4n) is 5.37. The third-order valence-electron chi connectivity index (χ3n) is 7.64. The molecule has 2 aliphatic rings. The van der Waals surface area contributed by atoms with Gasteiger partial charge in [0.05, 0.1) is 0 Å². The first-order valence-electron chi connectivity index (χ1n) is 20.0. The van der Waals surface area contributed by atoms with Gasteiger partial charge in [0.2, 0.25) is 113 Å². The van der Waals surface area contributed by atoms with Crippen molar-refractivity contribution in [1.29, 1.82) is 0 Å². The molecule has 38 N–H and O–H groups in total. The van der Waals surface area contributed by atoms with Gasteiger partial charge in [-0.15, -0.1) is 0 Å². The van der Waals surface area contributed by atoms with Crippen LogP contribution in [0.1, 0.15) is 0 Å². The Morgan fingerprint density at radius 3 is 0.720 bits per heavy atom. The van der Waals surface area contributed by atoms with Gasteiger partial charge in [-0.05, 0) is 67.4 Å². The zero-order chi connectivity index (χ0) is 59.5. The lowest BCUT2D eigenvalue weighted by Crippen LogP contribution is -2.21. The van der Waals surface area contributed by atoms with E-state index in [0.29, 0.717) is 0 Å². The Morgan fingerprint density at radius 2 is 0.488 bits per heavy atom. The van der Waals surface area contributed by atoms with Crippen molar-refractivity contribution in [1.82, 2.24) is 105 Å². The number of anilines is 19. The van der Waals surface area contributed by atoms with Gasteiger partial charge in [0, 0.05) is 0 Å². The van der Waals surface area contributed by atoms with Crippen LogP contribution in [-0.2, 0) is 0 Å². The average Bonchev–Trinajstić information content (AvgIpc) is 3.22. The molecular weight excluding hydrogens is 1340 g/mol. The number of hydrogen-bond donors (Lipinski definition) is 21. The zero-order valence-corrected chi connectivity index (χ0v) is 49.6. The van der Waals surface area contributed by atoms with Gasteiger partial charge >= 0.3 is 7.51 Å². The van der Waals surface area contributed by atoms with Crippen LogP contribution in [0, 0.1) is 0 Å². The van der Waals surface area contributed by atoms with Crippen LogP contribution in [-0.4, -0.2) is 110 Å². The van der Waals surface area contributed by atoms with Crippen molar-refractivity contribution in [2.45, 2.75) is 0 Å². The molecule has 0 saturated heterocycles. The second kappa shape index (κ2) is 24.6. The molecule has 440 valence electrons. The summed E-state index contributed by atoms with van der Waals surface area (Å²) in [7, 11) is -13.4. The number of nitrogens with zero attached hydrogens (tertiary/aromatic N) is 27. The lowest BCUT2D eigenvalue weighted by molar-refractivity contribution is 0.824. The second-order valence-corrected chi connectivity index (χ2v) is 35.9. The molecule has 0 unspecified atom stereocenters. The van der Waals surface area contributed by atoms with E-state index in [2.05, 4.69) is 148 Å². The molecule has 0 aromatic carbocycles. The van der Waals surface area contributed by atoms with E-state index in [-0.39, 0.29) is 118 Å². The van der Waals surface area contributed by atoms with Crippen molar-refractivity contribution < 1.29 is 5.48 Å². The standard InChI is InChI=1S/C18H30N39P3.C3H6N6.Cl6N3P3.H2O/c19-1-31-2(20)38-13(37-1)49-58(50-14-39-3(21)32-4(22)40-14)55-59(51-15-41-5(23)33-6(24)42-15,52-16-43-7(25)34-8(26)44-16)57-60(56-58,53-17-45-9(27)35-10(28)46-17)54-18-47-11(29)36-12(30)48-18;4-1-7-2(5)9-3(6)8-1;1-10(2)7-11(3,4)9-12(5,6)8-10;/h(H5,19,20,31,37,38,49)(H5,21,22,32,39,40,50)(H5,23,24,33,41,42,51)(H5,25,26,34,43,44,52)(H5,27,28,35,45,46,53)(H5,29,30,36,47,48,54);(H6,4,5,6,7,8,9);;1H2. The van der Waals surface area contributed by atoms with Crippen molar-refractivity contribution in [3.63, 3.8) is 0 Å². The smallest absolute Gasteiger partial charge is 0.317 e. The topological polar surface area (TPSA) is 845 Å². The summed E-state index contributed by atoms with van der Waals surface area (Å²) in [5.41, 5.74) is 86.2. The molecule has 82 heavy (non-hydrogen) atoms. The maximum Gasteiger partial charge on any atom is 0.317 e. The minimum atomic E-state index is -4.58. The van der Waals surface area contributed by atoms with Crippen LogP contribution >= 0.6 is 108 Å². The summed E-state index contributed by atoms with van der Waals surface area (Å²) in [5, 5.41) is 11.9. The van der Waals surface area contributed by atoms with Crippen molar-refractivity contribution in [3.05, 3.63) is 11.2 Å². The highest BCUT2D eigenvalue weighted by molar-refractivity contribution is 8.26. The Kier molecular flexibility index (Phi) is 18.9. The van der Waals surface area contributed by atoms with Gasteiger partial charge in [0.25, 0.3) is 44.0 Å². The predicted molar refractivity (Wildman–Crippen MR) is 319 cm³/mol. The largest absolute Gasteiger partial charge is 0.412 e. The molecule has 0 atom stereocenters. The van der Waals surface area contributed by atoms with Crippen molar-refractivity contribution >= 4 is 221 Å². The Balaban J connectivity index is 0.000000409. The van der Waals surface area contributed by atoms with Gasteiger partial charge in [0.15, 0.2) is 0 Å². The number of rotatable bonds is 10. The Labute approximate surface area is 482 Å². The molecule has 0 spiro atoms. The highest BCUT2D eigenvalue weighted by Gasteiger charge is 2.42. The summed E-state index contributed by atoms with van der Waals surface area (Å²) in [6.07, 6.45) is 0. The van der Waals surface area contributed by atoms with Crippen molar-refractivity contribution in [3.8, 4) is 0 Å². The van der Waals surface area contributed by atoms with Gasteiger partial charge < -0.3 is 91.5 Å². The molecule has 0 bridgehead atoms. The SMILES string of the molecule is ClP1(Cl)=NP(Cl)(Cl)=NP(Cl)(Cl)=N1.Nc1nc(N)nc(N)n1.Nc1nc(N)nc(NP2(Nc3nc(N)nc(N)n3)=NP(N=c3nc(N)[nH]c(N)n3)(N=c3nc(N)[nH]c(N)n3)=NP(Nc3nc(N)nc(N)n3)(Nc3nc(N)nc(N)n3)=N2)n1.O.